The number of rotatable bonds is 5. The van der Waals surface area contributed by atoms with Crippen LogP contribution in [0.2, 0.25) is 5.02 Å². The molecule has 0 saturated heterocycles. The molecular formula is C15H12BrClN2O2S. The highest BCUT2D eigenvalue weighted by Crippen LogP contribution is 2.21. The topological polar surface area (TPSA) is 61.7 Å². The normalized spacial score (nSPS) is 10.8. The van der Waals surface area contributed by atoms with Gasteiger partial charge in [-0.05, 0) is 42.5 Å². The molecule has 0 aliphatic heterocycles. The molecule has 0 radical (unpaired) electrons. The van der Waals surface area contributed by atoms with Gasteiger partial charge in [0, 0.05) is 20.0 Å². The number of benzene rings is 2. The molecule has 0 aromatic heterocycles. The van der Waals surface area contributed by atoms with Crippen molar-refractivity contribution >= 4 is 51.4 Å². The number of hydrogen-bond acceptors (Lipinski definition) is 4. The van der Waals surface area contributed by atoms with Crippen molar-refractivity contribution in [1.82, 2.24) is 5.43 Å². The van der Waals surface area contributed by atoms with E-state index in [1.54, 1.807) is 30.3 Å². The van der Waals surface area contributed by atoms with Gasteiger partial charge in [-0.2, -0.15) is 5.10 Å². The first-order valence-corrected chi connectivity index (χ1v) is 8.39. The van der Waals surface area contributed by atoms with Gasteiger partial charge in [0.1, 0.15) is 5.75 Å². The number of phenolic OH excluding ortho intramolecular Hbond substituents is 1. The van der Waals surface area contributed by atoms with Crippen LogP contribution in [0.25, 0.3) is 0 Å². The summed E-state index contributed by atoms with van der Waals surface area (Å²) in [6, 6.07) is 12.2. The van der Waals surface area contributed by atoms with Gasteiger partial charge in [0.05, 0.1) is 12.0 Å². The first-order valence-electron chi connectivity index (χ1n) is 6.23. The van der Waals surface area contributed by atoms with Crippen molar-refractivity contribution in [3.8, 4) is 5.75 Å². The fraction of sp³-hybridized carbons (Fsp3) is 0.0667. The standard InChI is InChI=1S/C15H12BrClN2O2S/c16-11-1-6-14(20)10(7-11)8-18-19-15(21)9-22-13-4-2-12(17)3-5-13/h1-8,20H,9H2,(H,19,21)/b18-8-. The summed E-state index contributed by atoms with van der Waals surface area (Å²) >= 11 is 10.5. The summed E-state index contributed by atoms with van der Waals surface area (Å²) in [6.45, 7) is 0. The lowest BCUT2D eigenvalue weighted by molar-refractivity contribution is -0.118. The number of halogens is 2. The molecule has 0 bridgehead atoms. The number of nitrogens with one attached hydrogen (secondary N) is 1. The van der Waals surface area contributed by atoms with Crippen LogP contribution in [0.1, 0.15) is 5.56 Å². The van der Waals surface area contributed by atoms with E-state index in [2.05, 4.69) is 26.5 Å². The second kappa shape index (κ2) is 8.22. The second-order valence-electron chi connectivity index (χ2n) is 4.24. The lowest BCUT2D eigenvalue weighted by Crippen LogP contribution is -2.19. The highest BCUT2D eigenvalue weighted by atomic mass is 79.9. The minimum absolute atomic E-state index is 0.0942. The molecule has 0 saturated carbocycles. The first kappa shape index (κ1) is 16.9. The van der Waals surface area contributed by atoms with Gasteiger partial charge in [0.2, 0.25) is 5.91 Å². The maximum absolute atomic E-state index is 11.7. The number of carbonyl (C=O) groups excluding carboxylic acids is 1. The Morgan fingerprint density at radius 2 is 2.05 bits per heavy atom. The van der Waals surface area contributed by atoms with E-state index in [-0.39, 0.29) is 17.4 Å². The third kappa shape index (κ3) is 5.36. The molecular weight excluding hydrogens is 388 g/mol. The van der Waals surface area contributed by atoms with E-state index in [0.29, 0.717) is 10.6 Å². The summed E-state index contributed by atoms with van der Waals surface area (Å²) in [6.07, 6.45) is 1.39. The van der Waals surface area contributed by atoms with E-state index in [1.165, 1.54) is 18.0 Å². The predicted octanol–water partition coefficient (Wildman–Crippen LogP) is 4.05. The molecule has 2 aromatic rings. The predicted molar refractivity (Wildman–Crippen MR) is 93.7 cm³/mol. The summed E-state index contributed by atoms with van der Waals surface area (Å²) in [5.74, 6) is 0.103. The smallest absolute Gasteiger partial charge is 0.250 e. The molecule has 7 heteroatoms. The molecule has 2 rings (SSSR count). The zero-order valence-electron chi connectivity index (χ0n) is 11.3. The highest BCUT2D eigenvalue weighted by Gasteiger charge is 2.02. The molecule has 0 aliphatic carbocycles. The van der Waals surface area contributed by atoms with Crippen LogP contribution in [0.3, 0.4) is 0 Å². The lowest BCUT2D eigenvalue weighted by Gasteiger charge is -2.02. The Morgan fingerprint density at radius 1 is 1.32 bits per heavy atom. The van der Waals surface area contributed by atoms with E-state index >= 15 is 0 Å². The summed E-state index contributed by atoms with van der Waals surface area (Å²) in [5, 5.41) is 14.1. The number of phenols is 1. The van der Waals surface area contributed by atoms with Gasteiger partial charge in [0.25, 0.3) is 0 Å². The van der Waals surface area contributed by atoms with Crippen LogP contribution in [0.5, 0.6) is 5.75 Å². The number of hydrazone groups is 1. The van der Waals surface area contributed by atoms with Gasteiger partial charge in [-0.3, -0.25) is 4.79 Å². The number of aromatic hydroxyl groups is 1. The fourth-order valence-electron chi connectivity index (χ4n) is 1.51. The van der Waals surface area contributed by atoms with E-state index in [9.17, 15) is 9.90 Å². The number of nitrogens with zero attached hydrogens (tertiary/aromatic N) is 1. The number of hydrogen-bond donors (Lipinski definition) is 2. The summed E-state index contributed by atoms with van der Waals surface area (Å²) in [7, 11) is 0. The van der Waals surface area contributed by atoms with Crippen molar-refractivity contribution in [2.75, 3.05) is 5.75 Å². The van der Waals surface area contributed by atoms with E-state index in [4.69, 9.17) is 11.6 Å². The van der Waals surface area contributed by atoms with Crippen molar-refractivity contribution in [2.45, 2.75) is 4.90 Å². The average molecular weight is 400 g/mol. The Kier molecular flexibility index (Phi) is 6.30. The van der Waals surface area contributed by atoms with Crippen LogP contribution >= 0.6 is 39.3 Å². The number of thioether (sulfide) groups is 1. The molecule has 0 fully saturated rings. The minimum atomic E-state index is -0.231. The maximum Gasteiger partial charge on any atom is 0.250 e. The molecule has 22 heavy (non-hydrogen) atoms. The molecule has 4 nitrogen and oxygen atoms in total. The fourth-order valence-corrected chi connectivity index (χ4v) is 2.71. The average Bonchev–Trinajstić information content (AvgIpc) is 2.50. The van der Waals surface area contributed by atoms with Crippen LogP contribution in [0.4, 0.5) is 0 Å². The van der Waals surface area contributed by atoms with E-state index in [0.717, 1.165) is 9.37 Å². The summed E-state index contributed by atoms with van der Waals surface area (Å²) in [5.41, 5.74) is 2.93. The molecule has 0 spiro atoms. The van der Waals surface area contributed by atoms with E-state index in [1.807, 2.05) is 12.1 Å². The van der Waals surface area contributed by atoms with Crippen molar-refractivity contribution in [1.29, 1.82) is 0 Å². The van der Waals surface area contributed by atoms with Gasteiger partial charge in [-0.25, -0.2) is 5.43 Å². The van der Waals surface area contributed by atoms with Gasteiger partial charge in [-0.15, -0.1) is 11.8 Å². The first-order chi connectivity index (χ1) is 10.5. The molecule has 114 valence electrons. The third-order valence-electron chi connectivity index (χ3n) is 2.57. The van der Waals surface area contributed by atoms with Crippen LogP contribution in [0.15, 0.2) is 56.9 Å². The number of amides is 1. The lowest BCUT2D eigenvalue weighted by atomic mass is 10.2. The van der Waals surface area contributed by atoms with Gasteiger partial charge in [0.15, 0.2) is 0 Å². The number of carbonyl (C=O) groups is 1. The Labute approximate surface area is 145 Å². The van der Waals surface area contributed by atoms with Crippen LogP contribution in [-0.4, -0.2) is 23.0 Å². The Hall–Kier alpha value is -1.50. The highest BCUT2D eigenvalue weighted by molar-refractivity contribution is 9.10. The molecule has 0 atom stereocenters. The van der Waals surface area contributed by atoms with Crippen LogP contribution in [-0.2, 0) is 4.79 Å². The zero-order valence-corrected chi connectivity index (χ0v) is 14.5. The van der Waals surface area contributed by atoms with Crippen molar-refractivity contribution < 1.29 is 9.90 Å². The Morgan fingerprint density at radius 3 is 2.77 bits per heavy atom. The third-order valence-corrected chi connectivity index (χ3v) is 4.32. The van der Waals surface area contributed by atoms with Gasteiger partial charge >= 0.3 is 0 Å². The van der Waals surface area contributed by atoms with Crippen LogP contribution in [0, 0.1) is 0 Å². The molecule has 0 heterocycles. The quantitative estimate of drug-likeness (QED) is 0.453. The Balaban J connectivity index is 1.83. The van der Waals surface area contributed by atoms with Crippen LogP contribution < -0.4 is 5.43 Å². The van der Waals surface area contributed by atoms with E-state index < -0.39 is 0 Å². The van der Waals surface area contributed by atoms with Gasteiger partial charge < -0.3 is 5.11 Å². The Bertz CT molecular complexity index is 692. The monoisotopic (exact) mass is 398 g/mol. The summed E-state index contributed by atoms with van der Waals surface area (Å²) in [4.78, 5) is 12.6. The minimum Gasteiger partial charge on any atom is -0.507 e. The molecule has 2 aromatic carbocycles. The largest absolute Gasteiger partial charge is 0.507 e. The molecule has 1 amide bonds. The molecule has 0 unspecified atom stereocenters. The van der Waals surface area contributed by atoms with Crippen molar-refractivity contribution in [3.05, 3.63) is 57.5 Å². The van der Waals surface area contributed by atoms with Crippen molar-refractivity contribution in [2.24, 2.45) is 5.10 Å². The molecule has 2 N–H and O–H groups in total. The van der Waals surface area contributed by atoms with Crippen molar-refractivity contribution in [3.63, 3.8) is 0 Å². The molecule has 0 aliphatic rings. The maximum atomic E-state index is 11.7. The SMILES string of the molecule is O=C(CSc1ccc(Cl)cc1)N/N=C\c1cc(Br)ccc1O. The zero-order chi connectivity index (χ0) is 15.9. The van der Waals surface area contributed by atoms with Gasteiger partial charge in [-0.1, -0.05) is 27.5 Å². The summed E-state index contributed by atoms with van der Waals surface area (Å²) < 4.78 is 0.816. The second-order valence-corrected chi connectivity index (χ2v) is 6.64.